The Morgan fingerprint density at radius 1 is 1.25 bits per heavy atom. The molecule has 3 rings (SSSR count). The molecule has 1 aliphatic heterocycles. The van der Waals surface area contributed by atoms with Crippen LogP contribution in [-0.2, 0) is 11.2 Å². The number of aromatic nitrogens is 2. The van der Waals surface area contributed by atoms with Gasteiger partial charge in [0.15, 0.2) is 0 Å². The van der Waals surface area contributed by atoms with Crippen molar-refractivity contribution in [3.05, 3.63) is 53.9 Å². The van der Waals surface area contributed by atoms with Gasteiger partial charge in [-0.2, -0.15) is 0 Å². The highest BCUT2D eigenvalue weighted by Gasteiger charge is 2.26. The van der Waals surface area contributed by atoms with E-state index < -0.39 is 0 Å². The molecule has 1 atom stereocenters. The average molecular weight is 324 g/mol. The normalized spacial score (nSPS) is 17.5. The van der Waals surface area contributed by atoms with E-state index in [2.05, 4.69) is 51.4 Å². The lowest BCUT2D eigenvalue weighted by molar-refractivity contribution is -0.125. The van der Waals surface area contributed by atoms with Gasteiger partial charge in [0.1, 0.15) is 0 Å². The number of aryl methyl sites for hydroxylation is 1. The largest absolute Gasteiger partial charge is 0.355 e. The first-order valence-electron chi connectivity index (χ1n) is 8.57. The van der Waals surface area contributed by atoms with Crippen molar-refractivity contribution in [3.8, 4) is 0 Å². The SMILES string of the molecule is Cc1ccc(CCNC(=O)[C@@H]2CCCN(c3ncccn3)C2)cc1. The molecule has 0 unspecified atom stereocenters. The maximum atomic E-state index is 12.4. The van der Waals surface area contributed by atoms with Crippen molar-refractivity contribution >= 4 is 11.9 Å². The third-order valence-electron chi connectivity index (χ3n) is 4.46. The van der Waals surface area contributed by atoms with E-state index >= 15 is 0 Å². The summed E-state index contributed by atoms with van der Waals surface area (Å²) in [5, 5.41) is 3.08. The molecule has 1 aromatic heterocycles. The lowest BCUT2D eigenvalue weighted by Crippen LogP contribution is -2.44. The zero-order valence-corrected chi connectivity index (χ0v) is 14.1. The van der Waals surface area contributed by atoms with Gasteiger partial charge < -0.3 is 10.2 Å². The molecule has 0 aliphatic carbocycles. The van der Waals surface area contributed by atoms with Crippen molar-refractivity contribution in [3.63, 3.8) is 0 Å². The molecule has 2 aromatic rings. The van der Waals surface area contributed by atoms with Crippen LogP contribution in [0, 0.1) is 12.8 Å². The third kappa shape index (κ3) is 4.31. The molecule has 1 fully saturated rings. The summed E-state index contributed by atoms with van der Waals surface area (Å²) < 4.78 is 0. The Morgan fingerprint density at radius 2 is 2.00 bits per heavy atom. The van der Waals surface area contributed by atoms with Crippen LogP contribution in [0.1, 0.15) is 24.0 Å². The predicted molar refractivity (Wildman–Crippen MR) is 94.9 cm³/mol. The van der Waals surface area contributed by atoms with Gasteiger partial charge in [0.25, 0.3) is 0 Å². The molecule has 0 saturated carbocycles. The quantitative estimate of drug-likeness (QED) is 0.917. The van der Waals surface area contributed by atoms with Gasteiger partial charge in [-0.05, 0) is 37.8 Å². The van der Waals surface area contributed by atoms with Crippen LogP contribution in [0.2, 0.25) is 0 Å². The third-order valence-corrected chi connectivity index (χ3v) is 4.46. The number of hydrogen-bond donors (Lipinski definition) is 1. The summed E-state index contributed by atoms with van der Waals surface area (Å²) in [5.74, 6) is 0.873. The van der Waals surface area contributed by atoms with Gasteiger partial charge in [-0.25, -0.2) is 9.97 Å². The zero-order valence-electron chi connectivity index (χ0n) is 14.1. The Hall–Kier alpha value is -2.43. The van der Waals surface area contributed by atoms with Crippen molar-refractivity contribution in [2.45, 2.75) is 26.2 Å². The van der Waals surface area contributed by atoms with E-state index in [9.17, 15) is 4.79 Å². The summed E-state index contributed by atoms with van der Waals surface area (Å²) in [7, 11) is 0. The van der Waals surface area contributed by atoms with Crippen LogP contribution in [0.4, 0.5) is 5.95 Å². The van der Waals surface area contributed by atoms with Crippen molar-refractivity contribution in [2.75, 3.05) is 24.5 Å². The number of nitrogens with one attached hydrogen (secondary N) is 1. The van der Waals surface area contributed by atoms with Crippen LogP contribution in [0.5, 0.6) is 0 Å². The van der Waals surface area contributed by atoms with E-state index in [1.807, 2.05) is 6.07 Å². The molecule has 126 valence electrons. The van der Waals surface area contributed by atoms with Gasteiger partial charge >= 0.3 is 0 Å². The molecule has 1 aromatic carbocycles. The molecule has 5 nitrogen and oxygen atoms in total. The molecule has 1 N–H and O–H groups in total. The molecular formula is C19H24N4O. The van der Waals surface area contributed by atoms with Crippen LogP contribution < -0.4 is 10.2 Å². The standard InChI is InChI=1S/C19H24N4O/c1-15-5-7-16(8-6-15)9-12-20-18(24)17-4-2-13-23(14-17)19-21-10-3-11-22-19/h3,5-8,10-11,17H,2,4,9,12-14H2,1H3,(H,20,24)/t17-/m1/s1. The second kappa shape index (κ2) is 7.90. The van der Waals surface area contributed by atoms with E-state index in [0.29, 0.717) is 13.1 Å². The topological polar surface area (TPSA) is 58.1 Å². The van der Waals surface area contributed by atoms with Gasteiger partial charge in [0.05, 0.1) is 5.92 Å². The lowest BCUT2D eigenvalue weighted by Gasteiger charge is -2.31. The van der Waals surface area contributed by atoms with Crippen molar-refractivity contribution in [2.24, 2.45) is 5.92 Å². The highest BCUT2D eigenvalue weighted by molar-refractivity contribution is 5.79. The number of nitrogens with zero attached hydrogens (tertiary/aromatic N) is 3. The van der Waals surface area contributed by atoms with Crippen LogP contribution in [0.15, 0.2) is 42.7 Å². The number of carbonyl (C=O) groups is 1. The number of carbonyl (C=O) groups excluding carboxylic acids is 1. The van der Waals surface area contributed by atoms with E-state index in [4.69, 9.17) is 0 Å². The van der Waals surface area contributed by atoms with E-state index in [1.54, 1.807) is 12.4 Å². The summed E-state index contributed by atoms with van der Waals surface area (Å²) >= 11 is 0. The summed E-state index contributed by atoms with van der Waals surface area (Å²) in [6.07, 6.45) is 6.28. The Morgan fingerprint density at radius 3 is 2.75 bits per heavy atom. The van der Waals surface area contributed by atoms with Gasteiger partial charge in [0, 0.05) is 32.0 Å². The molecule has 0 radical (unpaired) electrons. The van der Waals surface area contributed by atoms with E-state index in [0.717, 1.165) is 31.8 Å². The van der Waals surface area contributed by atoms with E-state index in [1.165, 1.54) is 11.1 Å². The first-order chi connectivity index (χ1) is 11.7. The lowest BCUT2D eigenvalue weighted by atomic mass is 9.97. The minimum Gasteiger partial charge on any atom is -0.355 e. The highest BCUT2D eigenvalue weighted by Crippen LogP contribution is 2.20. The zero-order chi connectivity index (χ0) is 16.8. The molecular weight excluding hydrogens is 300 g/mol. The van der Waals surface area contributed by atoms with Gasteiger partial charge in [-0.15, -0.1) is 0 Å². The first kappa shape index (κ1) is 16.4. The Bertz CT molecular complexity index is 657. The number of anilines is 1. The van der Waals surface area contributed by atoms with Crippen molar-refractivity contribution in [1.82, 2.24) is 15.3 Å². The van der Waals surface area contributed by atoms with Crippen molar-refractivity contribution < 1.29 is 4.79 Å². The first-order valence-corrected chi connectivity index (χ1v) is 8.57. The number of amides is 1. The number of rotatable bonds is 5. The molecule has 5 heteroatoms. The van der Waals surface area contributed by atoms with Crippen LogP contribution in [-0.4, -0.2) is 35.5 Å². The summed E-state index contributed by atoms with van der Waals surface area (Å²) in [6, 6.07) is 10.3. The molecule has 1 aliphatic rings. The fourth-order valence-electron chi connectivity index (χ4n) is 3.06. The fraction of sp³-hybridized carbons (Fsp3) is 0.421. The van der Waals surface area contributed by atoms with Crippen molar-refractivity contribution in [1.29, 1.82) is 0 Å². The number of hydrogen-bond acceptors (Lipinski definition) is 4. The van der Waals surface area contributed by atoms with Crippen LogP contribution in [0.25, 0.3) is 0 Å². The number of benzene rings is 1. The monoisotopic (exact) mass is 324 g/mol. The maximum absolute atomic E-state index is 12.4. The second-order valence-corrected chi connectivity index (χ2v) is 6.36. The molecule has 1 saturated heterocycles. The van der Waals surface area contributed by atoms with Gasteiger partial charge in [-0.3, -0.25) is 4.79 Å². The minimum atomic E-state index is 0.0144. The minimum absolute atomic E-state index is 0.0144. The molecule has 2 heterocycles. The average Bonchev–Trinajstić information content (AvgIpc) is 2.64. The van der Waals surface area contributed by atoms with Crippen LogP contribution in [0.3, 0.4) is 0 Å². The molecule has 0 bridgehead atoms. The predicted octanol–water partition coefficient (Wildman–Crippen LogP) is 2.36. The number of piperidine rings is 1. The Kier molecular flexibility index (Phi) is 5.41. The summed E-state index contributed by atoms with van der Waals surface area (Å²) in [6.45, 7) is 4.37. The van der Waals surface area contributed by atoms with E-state index in [-0.39, 0.29) is 11.8 Å². The second-order valence-electron chi connectivity index (χ2n) is 6.36. The fourth-order valence-corrected chi connectivity index (χ4v) is 3.06. The Balaban J connectivity index is 1.48. The smallest absolute Gasteiger partial charge is 0.225 e. The van der Waals surface area contributed by atoms with Gasteiger partial charge in [0.2, 0.25) is 11.9 Å². The molecule has 0 spiro atoms. The molecule has 24 heavy (non-hydrogen) atoms. The molecule has 1 amide bonds. The van der Waals surface area contributed by atoms with Gasteiger partial charge in [-0.1, -0.05) is 29.8 Å². The summed E-state index contributed by atoms with van der Waals surface area (Å²) in [4.78, 5) is 23.1. The van der Waals surface area contributed by atoms with Crippen LogP contribution >= 0.6 is 0 Å². The summed E-state index contributed by atoms with van der Waals surface area (Å²) in [5.41, 5.74) is 2.51. The highest BCUT2D eigenvalue weighted by atomic mass is 16.1. The maximum Gasteiger partial charge on any atom is 0.225 e. The Labute approximate surface area is 143 Å².